The van der Waals surface area contributed by atoms with E-state index >= 15 is 4.39 Å². The van der Waals surface area contributed by atoms with Gasteiger partial charge in [-0.3, -0.25) is 9.78 Å². The van der Waals surface area contributed by atoms with Crippen LogP contribution in [0.25, 0.3) is 10.9 Å². The number of hydrogen-bond acceptors (Lipinski definition) is 4. The third-order valence-electron chi connectivity index (χ3n) is 7.35. The molecule has 0 spiro atoms. The number of hydrogen-bond donors (Lipinski definition) is 1. The number of aromatic nitrogens is 1. The molecule has 3 atom stereocenters. The van der Waals surface area contributed by atoms with E-state index in [2.05, 4.69) is 16.0 Å². The number of ether oxygens (including phenoxy) is 1. The smallest absolute Gasteiger partial charge is 0.303 e. The number of rotatable bonds is 11. The van der Waals surface area contributed by atoms with E-state index in [9.17, 15) is 9.90 Å². The fraction of sp³-hybridized carbons (Fsp3) is 0.448. The summed E-state index contributed by atoms with van der Waals surface area (Å²) in [6.07, 6.45) is 4.51. The maximum atomic E-state index is 15.5. The van der Waals surface area contributed by atoms with Crippen LogP contribution >= 0.6 is 11.6 Å². The van der Waals surface area contributed by atoms with E-state index in [0.29, 0.717) is 24.2 Å². The number of likely N-dealkylation sites (tertiary alicyclic amines) is 1. The van der Waals surface area contributed by atoms with Gasteiger partial charge in [-0.1, -0.05) is 23.7 Å². The highest BCUT2D eigenvalue weighted by atomic mass is 35.5. The van der Waals surface area contributed by atoms with Crippen LogP contribution in [-0.4, -0.2) is 47.7 Å². The molecule has 3 aromatic rings. The second-order valence-corrected chi connectivity index (χ2v) is 10.2. The number of pyridine rings is 1. The van der Waals surface area contributed by atoms with Gasteiger partial charge in [0.15, 0.2) is 0 Å². The molecule has 0 radical (unpaired) electrons. The number of carboxylic acids is 1. The molecule has 2 aromatic carbocycles. The summed E-state index contributed by atoms with van der Waals surface area (Å²) >= 11 is 6.09. The van der Waals surface area contributed by atoms with E-state index in [1.165, 1.54) is 5.56 Å². The van der Waals surface area contributed by atoms with Crippen LogP contribution in [0.2, 0.25) is 5.02 Å². The highest BCUT2D eigenvalue weighted by molar-refractivity contribution is 6.30. The van der Waals surface area contributed by atoms with Crippen LogP contribution in [0.4, 0.5) is 4.39 Å². The van der Waals surface area contributed by atoms with Gasteiger partial charge in [-0.05, 0) is 105 Å². The number of halogens is 2. The molecule has 1 aliphatic rings. The quantitative estimate of drug-likeness (QED) is 0.308. The van der Waals surface area contributed by atoms with Crippen molar-refractivity contribution in [3.8, 4) is 5.75 Å². The standard InChI is InChI=1S/C29H34ClFN2O3/c1-36-24-8-10-28-26(18-24)25(11-13-32-28)27(31)9-7-21-12-15-33(19-22(21)17-29(34)35)14-3-5-20-4-2-6-23(30)16-20/h2,4,6,8,10-11,13,16,18,21-22,27H,3,5,7,9,12,14-15,17,19H2,1H3,(H,34,35)/t21-,22+,27?/m1/s1. The molecular weight excluding hydrogens is 479 g/mol. The van der Waals surface area contributed by atoms with Gasteiger partial charge in [-0.15, -0.1) is 0 Å². The summed E-state index contributed by atoms with van der Waals surface area (Å²) in [5.41, 5.74) is 2.58. The summed E-state index contributed by atoms with van der Waals surface area (Å²) < 4.78 is 20.8. The van der Waals surface area contributed by atoms with E-state index in [4.69, 9.17) is 16.3 Å². The molecule has 36 heavy (non-hydrogen) atoms. The summed E-state index contributed by atoms with van der Waals surface area (Å²) in [6, 6.07) is 15.2. The number of piperidine rings is 1. The maximum absolute atomic E-state index is 15.5. The lowest BCUT2D eigenvalue weighted by atomic mass is 9.79. The lowest BCUT2D eigenvalue weighted by Crippen LogP contribution is -2.42. The normalized spacial score (nSPS) is 19.3. The Morgan fingerprint density at radius 2 is 2.11 bits per heavy atom. The van der Waals surface area contributed by atoms with E-state index < -0.39 is 12.1 Å². The van der Waals surface area contributed by atoms with Gasteiger partial charge in [-0.25, -0.2) is 4.39 Å². The van der Waals surface area contributed by atoms with Gasteiger partial charge in [0.1, 0.15) is 11.9 Å². The topological polar surface area (TPSA) is 62.7 Å². The fourth-order valence-corrected chi connectivity index (χ4v) is 5.67. The van der Waals surface area contributed by atoms with Crippen LogP contribution in [0, 0.1) is 11.8 Å². The van der Waals surface area contributed by atoms with E-state index in [1.54, 1.807) is 19.4 Å². The molecule has 0 amide bonds. The Kier molecular flexibility index (Phi) is 9.16. The Morgan fingerprint density at radius 3 is 2.89 bits per heavy atom. The minimum Gasteiger partial charge on any atom is -0.497 e. The van der Waals surface area contributed by atoms with E-state index in [1.807, 2.05) is 36.4 Å². The second-order valence-electron chi connectivity index (χ2n) is 9.77. The number of aliphatic carboxylic acids is 1. The molecule has 1 aliphatic heterocycles. The second kappa shape index (κ2) is 12.5. The van der Waals surface area contributed by atoms with Crippen molar-refractivity contribution in [2.24, 2.45) is 11.8 Å². The largest absolute Gasteiger partial charge is 0.497 e. The highest BCUT2D eigenvalue weighted by Gasteiger charge is 2.31. The van der Waals surface area contributed by atoms with Gasteiger partial charge in [0.2, 0.25) is 0 Å². The number of carbonyl (C=O) groups is 1. The number of carboxylic acid groups (broad SMARTS) is 1. The average Bonchev–Trinajstić information content (AvgIpc) is 2.87. The number of nitrogens with zero attached hydrogens (tertiary/aromatic N) is 2. The van der Waals surface area contributed by atoms with Gasteiger partial charge in [0.05, 0.1) is 12.6 Å². The van der Waals surface area contributed by atoms with Gasteiger partial charge >= 0.3 is 5.97 Å². The molecule has 7 heteroatoms. The van der Waals surface area contributed by atoms with Crippen molar-refractivity contribution < 1.29 is 19.0 Å². The predicted molar refractivity (Wildman–Crippen MR) is 141 cm³/mol. The molecule has 0 aliphatic carbocycles. The first-order chi connectivity index (χ1) is 17.4. The highest BCUT2D eigenvalue weighted by Crippen LogP contribution is 2.36. The molecule has 1 unspecified atom stereocenters. The van der Waals surface area contributed by atoms with Gasteiger partial charge in [0, 0.05) is 29.6 Å². The van der Waals surface area contributed by atoms with Crippen molar-refractivity contribution in [3.63, 3.8) is 0 Å². The molecule has 1 aromatic heterocycles. The van der Waals surface area contributed by atoms with Crippen molar-refractivity contribution in [1.29, 1.82) is 0 Å². The number of benzene rings is 2. The zero-order chi connectivity index (χ0) is 25.5. The minimum absolute atomic E-state index is 0.0314. The van der Waals surface area contributed by atoms with Gasteiger partial charge in [-0.2, -0.15) is 0 Å². The minimum atomic E-state index is -1.14. The van der Waals surface area contributed by atoms with Crippen LogP contribution in [0.3, 0.4) is 0 Å². The van der Waals surface area contributed by atoms with Crippen molar-refractivity contribution in [2.75, 3.05) is 26.7 Å². The molecule has 1 N–H and O–H groups in total. The van der Waals surface area contributed by atoms with Crippen LogP contribution in [0.1, 0.15) is 49.4 Å². The molecule has 1 saturated heterocycles. The number of fused-ring (bicyclic) bond motifs is 1. The Bertz CT molecular complexity index is 1170. The molecule has 0 saturated carbocycles. The molecule has 1 fully saturated rings. The number of aryl methyl sites for hydroxylation is 1. The van der Waals surface area contributed by atoms with Crippen LogP contribution < -0.4 is 4.74 Å². The van der Waals surface area contributed by atoms with Crippen molar-refractivity contribution in [1.82, 2.24) is 9.88 Å². The van der Waals surface area contributed by atoms with Crippen molar-refractivity contribution in [3.05, 3.63) is 70.9 Å². The predicted octanol–water partition coefficient (Wildman–Crippen LogP) is 6.73. The Labute approximate surface area is 217 Å². The first-order valence-electron chi connectivity index (χ1n) is 12.7. The SMILES string of the molecule is COc1ccc2nccc(C(F)CC[C@@H]3CCN(CCCc4cccc(Cl)c4)C[C@@H]3CC(=O)O)c2c1. The molecule has 192 valence electrons. The first kappa shape index (κ1) is 26.4. The van der Waals surface area contributed by atoms with Crippen LogP contribution in [0.15, 0.2) is 54.7 Å². The van der Waals surface area contributed by atoms with Gasteiger partial charge in [0.25, 0.3) is 0 Å². The summed E-state index contributed by atoms with van der Waals surface area (Å²) in [7, 11) is 1.59. The Balaban J connectivity index is 1.34. The van der Waals surface area contributed by atoms with Crippen LogP contribution in [-0.2, 0) is 11.2 Å². The van der Waals surface area contributed by atoms with Crippen molar-refractivity contribution in [2.45, 2.75) is 44.7 Å². The van der Waals surface area contributed by atoms with Gasteiger partial charge < -0.3 is 14.7 Å². The first-order valence-corrected chi connectivity index (χ1v) is 13.1. The van der Waals surface area contributed by atoms with E-state index in [-0.39, 0.29) is 18.3 Å². The molecule has 2 heterocycles. The Morgan fingerprint density at radius 1 is 1.25 bits per heavy atom. The maximum Gasteiger partial charge on any atom is 0.303 e. The molecule has 5 nitrogen and oxygen atoms in total. The lowest BCUT2D eigenvalue weighted by molar-refractivity contribution is -0.139. The number of alkyl halides is 1. The third kappa shape index (κ3) is 6.95. The Hall–Kier alpha value is -2.70. The molecule has 0 bridgehead atoms. The third-order valence-corrected chi connectivity index (χ3v) is 7.59. The monoisotopic (exact) mass is 512 g/mol. The summed E-state index contributed by atoms with van der Waals surface area (Å²) in [5, 5.41) is 11.0. The summed E-state index contributed by atoms with van der Waals surface area (Å²) in [5.74, 6) is 0.123. The average molecular weight is 513 g/mol. The zero-order valence-electron chi connectivity index (χ0n) is 20.7. The fourth-order valence-electron chi connectivity index (χ4n) is 5.46. The lowest BCUT2D eigenvalue weighted by Gasteiger charge is -2.38. The number of methoxy groups -OCH3 is 1. The molecular formula is C29H34ClFN2O3. The summed E-state index contributed by atoms with van der Waals surface area (Å²) in [6.45, 7) is 2.59. The van der Waals surface area contributed by atoms with Crippen LogP contribution in [0.5, 0.6) is 5.75 Å². The zero-order valence-corrected chi connectivity index (χ0v) is 21.5. The van der Waals surface area contributed by atoms with Crippen molar-refractivity contribution >= 4 is 28.5 Å². The van der Waals surface area contributed by atoms with E-state index in [0.717, 1.165) is 54.8 Å². The summed E-state index contributed by atoms with van der Waals surface area (Å²) in [4.78, 5) is 18.3. The molecule has 4 rings (SSSR count).